The molecule has 2 heterocycles. The van der Waals surface area contributed by atoms with Crippen molar-refractivity contribution in [3.63, 3.8) is 0 Å². The number of hydrogen-bond acceptors (Lipinski definition) is 4. The molecule has 2 aliphatic rings. The third kappa shape index (κ3) is 4.31. The van der Waals surface area contributed by atoms with E-state index in [9.17, 15) is 9.59 Å². The molecular weight excluding hydrogens is 276 g/mol. The lowest BCUT2D eigenvalue weighted by Gasteiger charge is -2.25. The molecule has 2 aliphatic heterocycles. The van der Waals surface area contributed by atoms with Crippen LogP contribution in [-0.4, -0.2) is 65.1 Å². The molecule has 0 aromatic carbocycles. The molecule has 2 fully saturated rings. The van der Waals surface area contributed by atoms with Crippen molar-refractivity contribution in [2.75, 3.05) is 19.7 Å². The van der Waals surface area contributed by atoms with Gasteiger partial charge in [0.1, 0.15) is 0 Å². The van der Waals surface area contributed by atoms with E-state index in [1.807, 2.05) is 4.90 Å². The maximum atomic E-state index is 12.2. The fourth-order valence-electron chi connectivity index (χ4n) is 3.07. The zero-order chi connectivity index (χ0) is 15.2. The molecule has 0 spiro atoms. The second-order valence-electron chi connectivity index (χ2n) is 5.70. The van der Waals surface area contributed by atoms with Crippen molar-refractivity contribution >= 4 is 12.0 Å². The minimum absolute atomic E-state index is 0.113. The van der Waals surface area contributed by atoms with Crippen LogP contribution in [0.5, 0.6) is 0 Å². The van der Waals surface area contributed by atoms with Crippen LogP contribution in [-0.2, 0) is 9.53 Å². The summed E-state index contributed by atoms with van der Waals surface area (Å²) in [6, 6.07) is 0.0891. The van der Waals surface area contributed by atoms with Gasteiger partial charge >= 0.3 is 12.0 Å². The van der Waals surface area contributed by atoms with Crippen LogP contribution in [0.4, 0.5) is 4.79 Å². The van der Waals surface area contributed by atoms with E-state index in [1.54, 1.807) is 0 Å². The summed E-state index contributed by atoms with van der Waals surface area (Å²) in [5, 5.41) is 20.6. The summed E-state index contributed by atoms with van der Waals surface area (Å²) < 4.78 is 5.36. The number of likely N-dealkylation sites (tertiary alicyclic amines) is 1. The molecule has 0 saturated carbocycles. The first-order valence-electron chi connectivity index (χ1n) is 7.65. The summed E-state index contributed by atoms with van der Waals surface area (Å²) in [5.74, 6) is -0.938. The summed E-state index contributed by atoms with van der Waals surface area (Å²) in [4.78, 5) is 24.8. The average molecular weight is 300 g/mol. The van der Waals surface area contributed by atoms with Crippen LogP contribution in [0.15, 0.2) is 0 Å². The van der Waals surface area contributed by atoms with Crippen LogP contribution in [0.25, 0.3) is 0 Å². The van der Waals surface area contributed by atoms with Gasteiger partial charge in [0.15, 0.2) is 6.10 Å². The lowest BCUT2D eigenvalue weighted by molar-refractivity contribution is -0.149. The zero-order valence-electron chi connectivity index (χ0n) is 12.2. The predicted molar refractivity (Wildman–Crippen MR) is 75.0 cm³/mol. The number of carbonyl (C=O) groups is 2. The molecule has 2 rings (SSSR count). The molecule has 0 aromatic rings. The van der Waals surface area contributed by atoms with E-state index >= 15 is 0 Å². The average Bonchev–Trinajstić information content (AvgIpc) is 3.11. The summed E-state index contributed by atoms with van der Waals surface area (Å²) in [6.45, 7) is 1.25. The Morgan fingerprint density at radius 1 is 1.29 bits per heavy atom. The number of amides is 2. The number of rotatable bonds is 6. The minimum atomic E-state index is -0.938. The first kappa shape index (κ1) is 16.0. The van der Waals surface area contributed by atoms with E-state index < -0.39 is 12.1 Å². The molecule has 0 bridgehead atoms. The number of hydrogen-bond donors (Lipinski definition) is 3. The number of carboxylic acids is 1. The van der Waals surface area contributed by atoms with Crippen molar-refractivity contribution in [3.05, 3.63) is 0 Å². The standard InChI is InChI=1S/C14H24N2O5/c17-8-2-4-10-3-1-7-16(10)14(20)15-9-11-5-6-12(21-11)13(18)19/h10-12,17H,1-9H2,(H,15,20)(H,18,19). The van der Waals surface area contributed by atoms with Gasteiger partial charge in [0.05, 0.1) is 6.10 Å². The Kier molecular flexibility index (Phi) is 5.81. The van der Waals surface area contributed by atoms with Gasteiger partial charge in [0, 0.05) is 25.7 Å². The van der Waals surface area contributed by atoms with E-state index in [1.165, 1.54) is 0 Å². The van der Waals surface area contributed by atoms with E-state index in [0.717, 1.165) is 25.8 Å². The van der Waals surface area contributed by atoms with E-state index in [2.05, 4.69) is 5.32 Å². The van der Waals surface area contributed by atoms with Gasteiger partial charge in [-0.3, -0.25) is 0 Å². The van der Waals surface area contributed by atoms with Gasteiger partial charge in [-0.15, -0.1) is 0 Å². The first-order chi connectivity index (χ1) is 10.1. The molecule has 2 amide bonds. The van der Waals surface area contributed by atoms with Crippen LogP contribution in [0, 0.1) is 0 Å². The Labute approximate surface area is 124 Å². The third-order valence-corrected chi connectivity index (χ3v) is 4.20. The van der Waals surface area contributed by atoms with Crippen LogP contribution in [0.1, 0.15) is 38.5 Å². The van der Waals surface area contributed by atoms with Gasteiger partial charge in [0.25, 0.3) is 0 Å². The number of urea groups is 1. The fraction of sp³-hybridized carbons (Fsp3) is 0.857. The molecule has 0 aliphatic carbocycles. The zero-order valence-corrected chi connectivity index (χ0v) is 12.2. The summed E-state index contributed by atoms with van der Waals surface area (Å²) in [5.41, 5.74) is 0. The molecule has 3 N–H and O–H groups in total. The lowest BCUT2D eigenvalue weighted by Crippen LogP contribution is -2.45. The van der Waals surface area contributed by atoms with Crippen LogP contribution in [0.2, 0.25) is 0 Å². The molecule has 0 aromatic heterocycles. The van der Waals surface area contributed by atoms with Gasteiger partial charge in [-0.1, -0.05) is 0 Å². The SMILES string of the molecule is O=C(O)C1CCC(CNC(=O)N2CCCC2CCCO)O1. The highest BCUT2D eigenvalue weighted by Crippen LogP contribution is 2.22. The molecular formula is C14H24N2O5. The fourth-order valence-corrected chi connectivity index (χ4v) is 3.07. The van der Waals surface area contributed by atoms with Gasteiger partial charge in [-0.2, -0.15) is 0 Å². The van der Waals surface area contributed by atoms with Crippen molar-refractivity contribution in [3.8, 4) is 0 Å². The van der Waals surface area contributed by atoms with Crippen molar-refractivity contribution in [2.45, 2.75) is 56.8 Å². The molecule has 3 unspecified atom stereocenters. The Balaban J connectivity index is 1.73. The Bertz CT molecular complexity index is 376. The molecule has 120 valence electrons. The molecule has 7 nitrogen and oxygen atoms in total. The second-order valence-corrected chi connectivity index (χ2v) is 5.70. The number of carboxylic acid groups (broad SMARTS) is 1. The number of aliphatic carboxylic acids is 1. The highest BCUT2D eigenvalue weighted by atomic mass is 16.5. The second kappa shape index (κ2) is 7.61. The molecule has 0 radical (unpaired) electrons. The lowest BCUT2D eigenvalue weighted by atomic mass is 10.1. The van der Waals surface area contributed by atoms with Crippen molar-refractivity contribution in [1.29, 1.82) is 0 Å². The van der Waals surface area contributed by atoms with Gasteiger partial charge in [0.2, 0.25) is 0 Å². The predicted octanol–water partition coefficient (Wildman–Crippen LogP) is 0.565. The number of carbonyl (C=O) groups excluding carboxylic acids is 1. The monoisotopic (exact) mass is 300 g/mol. The van der Waals surface area contributed by atoms with Gasteiger partial charge in [-0.05, 0) is 38.5 Å². The van der Waals surface area contributed by atoms with E-state index in [0.29, 0.717) is 25.8 Å². The quantitative estimate of drug-likeness (QED) is 0.666. The maximum absolute atomic E-state index is 12.2. The van der Waals surface area contributed by atoms with Crippen molar-refractivity contribution in [2.24, 2.45) is 0 Å². The Morgan fingerprint density at radius 3 is 2.76 bits per heavy atom. The minimum Gasteiger partial charge on any atom is -0.479 e. The Morgan fingerprint density at radius 2 is 2.10 bits per heavy atom. The highest BCUT2D eigenvalue weighted by molar-refractivity contribution is 5.75. The van der Waals surface area contributed by atoms with Gasteiger partial charge < -0.3 is 25.2 Å². The van der Waals surface area contributed by atoms with E-state index in [4.69, 9.17) is 14.9 Å². The normalized spacial score (nSPS) is 28.8. The summed E-state index contributed by atoms with van der Waals surface area (Å²) >= 11 is 0. The number of aliphatic hydroxyl groups excluding tert-OH is 1. The number of nitrogens with one attached hydrogen (secondary N) is 1. The topological polar surface area (TPSA) is 99.1 Å². The molecule has 7 heteroatoms. The van der Waals surface area contributed by atoms with Gasteiger partial charge in [-0.25, -0.2) is 9.59 Å². The maximum Gasteiger partial charge on any atom is 0.332 e. The van der Waals surface area contributed by atoms with Crippen molar-refractivity contribution < 1.29 is 24.5 Å². The van der Waals surface area contributed by atoms with Crippen molar-refractivity contribution in [1.82, 2.24) is 10.2 Å². The summed E-state index contributed by atoms with van der Waals surface area (Å²) in [7, 11) is 0. The number of nitrogens with zero attached hydrogens (tertiary/aromatic N) is 1. The van der Waals surface area contributed by atoms with E-state index in [-0.39, 0.29) is 24.8 Å². The number of aliphatic hydroxyl groups is 1. The third-order valence-electron chi connectivity index (χ3n) is 4.20. The summed E-state index contributed by atoms with van der Waals surface area (Å²) in [6.07, 6.45) is 3.71. The first-order valence-corrected chi connectivity index (χ1v) is 7.65. The molecule has 21 heavy (non-hydrogen) atoms. The smallest absolute Gasteiger partial charge is 0.332 e. The van der Waals surface area contributed by atoms with Crippen LogP contribution >= 0.6 is 0 Å². The molecule has 3 atom stereocenters. The van der Waals surface area contributed by atoms with Crippen LogP contribution < -0.4 is 5.32 Å². The number of ether oxygens (including phenoxy) is 1. The Hall–Kier alpha value is -1.34. The van der Waals surface area contributed by atoms with Crippen LogP contribution in [0.3, 0.4) is 0 Å². The highest BCUT2D eigenvalue weighted by Gasteiger charge is 2.32. The largest absolute Gasteiger partial charge is 0.479 e. The molecule has 2 saturated heterocycles.